The molecule has 0 aliphatic carbocycles. The molecular formula is C19H17FN4O3S. The van der Waals surface area contributed by atoms with Crippen LogP contribution in [0.2, 0.25) is 0 Å². The zero-order valence-corrected chi connectivity index (χ0v) is 15.7. The average molecular weight is 400 g/mol. The molecule has 1 atom stereocenters. The molecule has 2 aromatic carbocycles. The highest BCUT2D eigenvalue weighted by atomic mass is 32.2. The van der Waals surface area contributed by atoms with Gasteiger partial charge in [-0.15, -0.1) is 5.10 Å². The predicted octanol–water partition coefficient (Wildman–Crippen LogP) is 2.78. The maximum atomic E-state index is 13.6. The van der Waals surface area contributed by atoms with Crippen molar-refractivity contribution in [1.82, 2.24) is 5.32 Å². The summed E-state index contributed by atoms with van der Waals surface area (Å²) < 4.78 is 18.7. The van der Waals surface area contributed by atoms with E-state index in [0.29, 0.717) is 5.17 Å². The number of benzene rings is 2. The SMILES string of the molecule is COc1ccc(C=N/N=C2\NC(=O)C(CC(=O)Nc3ccccc3F)S2)cc1. The van der Waals surface area contributed by atoms with E-state index in [9.17, 15) is 14.0 Å². The number of ether oxygens (including phenoxy) is 1. The summed E-state index contributed by atoms with van der Waals surface area (Å²) >= 11 is 1.10. The molecule has 144 valence electrons. The van der Waals surface area contributed by atoms with Gasteiger partial charge in [0.05, 0.1) is 19.0 Å². The van der Waals surface area contributed by atoms with Gasteiger partial charge in [0.25, 0.3) is 0 Å². The number of carbonyl (C=O) groups is 2. The van der Waals surface area contributed by atoms with Crippen LogP contribution in [0.4, 0.5) is 10.1 Å². The van der Waals surface area contributed by atoms with E-state index in [4.69, 9.17) is 4.74 Å². The van der Waals surface area contributed by atoms with Gasteiger partial charge >= 0.3 is 0 Å². The lowest BCUT2D eigenvalue weighted by atomic mass is 10.2. The first-order valence-corrected chi connectivity index (χ1v) is 9.20. The molecule has 3 rings (SSSR count). The van der Waals surface area contributed by atoms with Crippen molar-refractivity contribution in [2.24, 2.45) is 10.2 Å². The first-order valence-electron chi connectivity index (χ1n) is 8.32. The smallest absolute Gasteiger partial charge is 0.240 e. The van der Waals surface area contributed by atoms with Crippen LogP contribution in [-0.2, 0) is 9.59 Å². The van der Waals surface area contributed by atoms with Crippen LogP contribution in [0.25, 0.3) is 0 Å². The number of hydrogen-bond donors (Lipinski definition) is 2. The third-order valence-corrected chi connectivity index (χ3v) is 4.84. The van der Waals surface area contributed by atoms with Crippen LogP contribution in [0.3, 0.4) is 0 Å². The van der Waals surface area contributed by atoms with Gasteiger partial charge in [-0.05, 0) is 42.0 Å². The number of rotatable bonds is 6. The van der Waals surface area contributed by atoms with Gasteiger partial charge in [-0.3, -0.25) is 9.59 Å². The number of nitrogens with zero attached hydrogens (tertiary/aromatic N) is 2. The molecule has 0 radical (unpaired) electrons. The number of para-hydroxylation sites is 1. The van der Waals surface area contributed by atoms with Crippen molar-refractivity contribution >= 4 is 40.6 Å². The third-order valence-electron chi connectivity index (χ3n) is 3.77. The van der Waals surface area contributed by atoms with Gasteiger partial charge in [-0.2, -0.15) is 5.10 Å². The fourth-order valence-electron chi connectivity index (χ4n) is 2.36. The van der Waals surface area contributed by atoms with Crippen molar-refractivity contribution in [3.8, 4) is 5.75 Å². The second kappa shape index (κ2) is 9.14. The van der Waals surface area contributed by atoms with Crippen molar-refractivity contribution in [1.29, 1.82) is 0 Å². The Labute approximate surface area is 165 Å². The molecule has 0 aromatic heterocycles. The van der Waals surface area contributed by atoms with Crippen molar-refractivity contribution in [2.45, 2.75) is 11.7 Å². The van der Waals surface area contributed by atoms with E-state index < -0.39 is 17.0 Å². The number of thioether (sulfide) groups is 1. The number of amides is 2. The number of hydrogen-bond acceptors (Lipinski definition) is 6. The Balaban J connectivity index is 1.55. The van der Waals surface area contributed by atoms with E-state index in [1.165, 1.54) is 24.4 Å². The van der Waals surface area contributed by atoms with E-state index in [2.05, 4.69) is 20.8 Å². The normalized spacial score (nSPS) is 17.7. The van der Waals surface area contributed by atoms with Crippen molar-refractivity contribution in [3.05, 3.63) is 59.9 Å². The van der Waals surface area contributed by atoms with E-state index >= 15 is 0 Å². The molecule has 1 fully saturated rings. The summed E-state index contributed by atoms with van der Waals surface area (Å²) in [5, 5.41) is 12.6. The largest absolute Gasteiger partial charge is 0.497 e. The molecule has 1 aliphatic heterocycles. The van der Waals surface area contributed by atoms with Crippen LogP contribution in [0.5, 0.6) is 5.75 Å². The molecular weight excluding hydrogens is 383 g/mol. The summed E-state index contributed by atoms with van der Waals surface area (Å²) in [6.07, 6.45) is 1.43. The number of anilines is 1. The Morgan fingerprint density at radius 3 is 2.75 bits per heavy atom. The predicted molar refractivity (Wildman–Crippen MR) is 107 cm³/mol. The Hall–Kier alpha value is -3.20. The topological polar surface area (TPSA) is 92.2 Å². The Kier molecular flexibility index (Phi) is 6.38. The zero-order chi connectivity index (χ0) is 19.9. The minimum absolute atomic E-state index is 0.0777. The van der Waals surface area contributed by atoms with Gasteiger partial charge in [-0.25, -0.2) is 4.39 Å². The Morgan fingerprint density at radius 2 is 2.04 bits per heavy atom. The van der Waals surface area contributed by atoms with E-state index in [0.717, 1.165) is 23.1 Å². The maximum Gasteiger partial charge on any atom is 0.240 e. The first kappa shape index (κ1) is 19.6. The third kappa shape index (κ3) is 5.17. The summed E-state index contributed by atoms with van der Waals surface area (Å²) in [4.78, 5) is 24.1. The summed E-state index contributed by atoms with van der Waals surface area (Å²) in [7, 11) is 1.59. The van der Waals surface area contributed by atoms with Crippen LogP contribution < -0.4 is 15.4 Å². The molecule has 1 unspecified atom stereocenters. The van der Waals surface area contributed by atoms with Crippen LogP contribution in [0.1, 0.15) is 12.0 Å². The molecule has 1 aliphatic rings. The van der Waals surface area contributed by atoms with Crippen LogP contribution in [-0.4, -0.2) is 35.6 Å². The quantitative estimate of drug-likeness (QED) is 0.576. The summed E-state index contributed by atoms with van der Waals surface area (Å²) in [5.41, 5.74) is 0.897. The number of halogens is 1. The average Bonchev–Trinajstić information content (AvgIpc) is 3.03. The molecule has 9 heteroatoms. The van der Waals surface area contributed by atoms with Crippen molar-refractivity contribution < 1.29 is 18.7 Å². The van der Waals surface area contributed by atoms with Gasteiger partial charge in [-0.1, -0.05) is 23.9 Å². The standard InChI is InChI=1S/C19H17FN4O3S/c1-27-13-8-6-12(7-9-13)11-21-24-19-23-18(26)16(28-19)10-17(25)22-15-5-3-2-4-14(15)20/h2-9,11,16H,10H2,1H3,(H,22,25)(H,23,24,26). The highest BCUT2D eigenvalue weighted by Gasteiger charge is 2.32. The summed E-state index contributed by atoms with van der Waals surface area (Å²) in [6.45, 7) is 0. The number of carbonyl (C=O) groups excluding carboxylic acids is 2. The van der Waals surface area contributed by atoms with Crippen LogP contribution in [0.15, 0.2) is 58.7 Å². The van der Waals surface area contributed by atoms with Crippen LogP contribution in [0, 0.1) is 5.82 Å². The van der Waals surface area contributed by atoms with E-state index in [1.807, 2.05) is 12.1 Å². The lowest BCUT2D eigenvalue weighted by Gasteiger charge is -2.07. The van der Waals surface area contributed by atoms with E-state index in [1.54, 1.807) is 25.3 Å². The molecule has 7 nitrogen and oxygen atoms in total. The molecule has 0 spiro atoms. The maximum absolute atomic E-state index is 13.6. The Morgan fingerprint density at radius 1 is 1.29 bits per heavy atom. The minimum atomic E-state index is -0.651. The van der Waals surface area contributed by atoms with Crippen molar-refractivity contribution in [3.63, 3.8) is 0 Å². The van der Waals surface area contributed by atoms with Gasteiger partial charge in [0.2, 0.25) is 11.8 Å². The molecule has 1 saturated heterocycles. The summed E-state index contributed by atoms with van der Waals surface area (Å²) in [6, 6.07) is 13.1. The van der Waals surface area contributed by atoms with Gasteiger partial charge in [0.1, 0.15) is 16.8 Å². The molecule has 2 aromatic rings. The number of nitrogens with one attached hydrogen (secondary N) is 2. The highest BCUT2D eigenvalue weighted by molar-refractivity contribution is 8.15. The molecule has 2 N–H and O–H groups in total. The fraction of sp³-hybridized carbons (Fsp3) is 0.158. The molecule has 28 heavy (non-hydrogen) atoms. The fourth-order valence-corrected chi connectivity index (χ4v) is 3.28. The number of amidine groups is 1. The molecule has 0 bridgehead atoms. The monoisotopic (exact) mass is 400 g/mol. The minimum Gasteiger partial charge on any atom is -0.497 e. The lowest BCUT2D eigenvalue weighted by molar-refractivity contribution is -0.122. The summed E-state index contributed by atoms with van der Waals surface area (Å²) in [5.74, 6) is -0.596. The second-order valence-electron chi connectivity index (χ2n) is 5.75. The molecule has 2 amide bonds. The van der Waals surface area contributed by atoms with Gasteiger partial charge in [0.15, 0.2) is 5.17 Å². The lowest BCUT2D eigenvalue weighted by Crippen LogP contribution is -2.28. The molecule has 0 saturated carbocycles. The second-order valence-corrected chi connectivity index (χ2v) is 6.94. The first-order chi connectivity index (χ1) is 13.5. The molecule has 1 heterocycles. The van der Waals surface area contributed by atoms with Gasteiger partial charge < -0.3 is 15.4 Å². The number of methoxy groups -OCH3 is 1. The van der Waals surface area contributed by atoms with Gasteiger partial charge in [0, 0.05) is 6.42 Å². The highest BCUT2D eigenvalue weighted by Crippen LogP contribution is 2.23. The zero-order valence-electron chi connectivity index (χ0n) is 14.9. The van der Waals surface area contributed by atoms with E-state index in [-0.39, 0.29) is 18.0 Å². The van der Waals surface area contributed by atoms with Crippen molar-refractivity contribution in [2.75, 3.05) is 12.4 Å². The Bertz CT molecular complexity index is 931. The van der Waals surface area contributed by atoms with Crippen LogP contribution >= 0.6 is 11.8 Å².